The summed E-state index contributed by atoms with van der Waals surface area (Å²) in [6, 6.07) is 22.4. The molecule has 2 N–H and O–H groups in total. The van der Waals surface area contributed by atoms with E-state index in [-0.39, 0.29) is 11.8 Å². The predicted octanol–water partition coefficient (Wildman–Crippen LogP) is 4.25. The van der Waals surface area contributed by atoms with E-state index < -0.39 is 6.04 Å². The van der Waals surface area contributed by atoms with Crippen LogP contribution in [0.5, 0.6) is 0 Å². The number of carbonyl (C=O) groups excluding carboxylic acids is 2. The topological polar surface area (TPSA) is 61.4 Å². The van der Waals surface area contributed by atoms with Gasteiger partial charge in [-0.05, 0) is 42.5 Å². The number of nitrogens with zero attached hydrogens (tertiary/aromatic N) is 1. The van der Waals surface area contributed by atoms with Crippen molar-refractivity contribution in [2.75, 3.05) is 24.5 Å². The van der Waals surface area contributed by atoms with Gasteiger partial charge in [-0.2, -0.15) is 0 Å². The standard InChI is InChI=1S/C24H27N3O2S/c1-2-27(20-13-7-4-8-14-20)17-10-16-25-24(29)22(19-11-5-3-6-12-19)26-23(28)21-15-9-18-30-21/h3-9,11-15,18,22H,2,10,16-17H2,1H3,(H,25,29)(H,26,28). The summed E-state index contributed by atoms with van der Waals surface area (Å²) >= 11 is 1.36. The Balaban J connectivity index is 1.57. The van der Waals surface area contributed by atoms with Crippen LogP contribution in [-0.4, -0.2) is 31.4 Å². The van der Waals surface area contributed by atoms with Crippen LogP contribution in [0.3, 0.4) is 0 Å². The van der Waals surface area contributed by atoms with Crippen LogP contribution in [0.2, 0.25) is 0 Å². The van der Waals surface area contributed by atoms with E-state index in [2.05, 4.69) is 34.6 Å². The number of para-hydroxylation sites is 1. The lowest BCUT2D eigenvalue weighted by Crippen LogP contribution is -2.41. The molecule has 0 saturated carbocycles. The van der Waals surface area contributed by atoms with E-state index in [0.717, 1.165) is 25.1 Å². The van der Waals surface area contributed by atoms with Gasteiger partial charge in [0.15, 0.2) is 0 Å². The average molecular weight is 422 g/mol. The molecule has 0 spiro atoms. The highest BCUT2D eigenvalue weighted by atomic mass is 32.1. The van der Waals surface area contributed by atoms with Gasteiger partial charge in [-0.25, -0.2) is 0 Å². The van der Waals surface area contributed by atoms with Gasteiger partial charge in [0, 0.05) is 25.3 Å². The summed E-state index contributed by atoms with van der Waals surface area (Å²) in [5.41, 5.74) is 1.94. The molecule has 0 saturated heterocycles. The van der Waals surface area contributed by atoms with Crippen molar-refractivity contribution in [3.05, 3.63) is 88.6 Å². The minimum Gasteiger partial charge on any atom is -0.372 e. The first kappa shape index (κ1) is 21.6. The third-order valence-electron chi connectivity index (χ3n) is 4.82. The fourth-order valence-electron chi connectivity index (χ4n) is 3.25. The zero-order valence-corrected chi connectivity index (χ0v) is 17.9. The Morgan fingerprint density at radius 3 is 2.30 bits per heavy atom. The van der Waals surface area contributed by atoms with E-state index in [1.165, 1.54) is 17.0 Å². The third-order valence-corrected chi connectivity index (χ3v) is 5.69. The first-order valence-electron chi connectivity index (χ1n) is 10.2. The van der Waals surface area contributed by atoms with Crippen LogP contribution in [0.25, 0.3) is 0 Å². The number of hydrogen-bond acceptors (Lipinski definition) is 4. The average Bonchev–Trinajstić information content (AvgIpc) is 3.33. The number of hydrogen-bond donors (Lipinski definition) is 2. The van der Waals surface area contributed by atoms with Crippen molar-refractivity contribution in [3.63, 3.8) is 0 Å². The van der Waals surface area contributed by atoms with E-state index >= 15 is 0 Å². The molecule has 0 radical (unpaired) electrons. The summed E-state index contributed by atoms with van der Waals surface area (Å²) in [5, 5.41) is 7.70. The van der Waals surface area contributed by atoms with Crippen molar-refractivity contribution >= 4 is 28.8 Å². The van der Waals surface area contributed by atoms with Crippen LogP contribution >= 0.6 is 11.3 Å². The van der Waals surface area contributed by atoms with E-state index in [4.69, 9.17) is 0 Å². The molecule has 0 fully saturated rings. The van der Waals surface area contributed by atoms with Crippen molar-refractivity contribution in [1.29, 1.82) is 0 Å². The molecular weight excluding hydrogens is 394 g/mol. The van der Waals surface area contributed by atoms with Gasteiger partial charge >= 0.3 is 0 Å². The molecule has 6 heteroatoms. The van der Waals surface area contributed by atoms with Crippen LogP contribution in [0.15, 0.2) is 78.2 Å². The summed E-state index contributed by atoms with van der Waals surface area (Å²) in [4.78, 5) is 28.3. The lowest BCUT2D eigenvalue weighted by Gasteiger charge is -2.23. The zero-order chi connectivity index (χ0) is 21.2. The summed E-state index contributed by atoms with van der Waals surface area (Å²) in [5.74, 6) is -0.441. The summed E-state index contributed by atoms with van der Waals surface area (Å²) in [6.07, 6.45) is 0.814. The van der Waals surface area contributed by atoms with Gasteiger partial charge in [-0.1, -0.05) is 54.6 Å². The maximum Gasteiger partial charge on any atom is 0.262 e. The highest BCUT2D eigenvalue weighted by Crippen LogP contribution is 2.16. The molecule has 156 valence electrons. The number of benzene rings is 2. The monoisotopic (exact) mass is 421 g/mol. The number of anilines is 1. The second-order valence-corrected chi connectivity index (χ2v) is 7.80. The molecule has 1 heterocycles. The Morgan fingerprint density at radius 1 is 0.967 bits per heavy atom. The molecule has 0 aliphatic rings. The van der Waals surface area contributed by atoms with Crippen LogP contribution in [-0.2, 0) is 4.79 Å². The highest BCUT2D eigenvalue weighted by Gasteiger charge is 2.23. The second kappa shape index (κ2) is 11.2. The second-order valence-electron chi connectivity index (χ2n) is 6.85. The van der Waals surface area contributed by atoms with E-state index in [9.17, 15) is 9.59 Å². The lowest BCUT2D eigenvalue weighted by molar-refractivity contribution is -0.123. The largest absolute Gasteiger partial charge is 0.372 e. The molecule has 1 unspecified atom stereocenters. The van der Waals surface area contributed by atoms with Gasteiger partial charge in [-0.3, -0.25) is 9.59 Å². The van der Waals surface area contributed by atoms with E-state index in [0.29, 0.717) is 11.4 Å². The Labute approximate surface area is 181 Å². The van der Waals surface area contributed by atoms with Crippen molar-refractivity contribution in [1.82, 2.24) is 10.6 Å². The third kappa shape index (κ3) is 5.94. The van der Waals surface area contributed by atoms with E-state index in [1.54, 1.807) is 6.07 Å². The van der Waals surface area contributed by atoms with Crippen molar-refractivity contribution < 1.29 is 9.59 Å². The normalized spacial score (nSPS) is 11.5. The molecule has 1 aromatic heterocycles. The molecule has 1 atom stereocenters. The SMILES string of the molecule is CCN(CCCNC(=O)C(NC(=O)c1cccs1)c1ccccc1)c1ccccc1. The van der Waals surface area contributed by atoms with Crippen LogP contribution in [0, 0.1) is 0 Å². The Bertz CT molecular complexity index is 914. The van der Waals surface area contributed by atoms with Gasteiger partial charge in [0.2, 0.25) is 5.91 Å². The van der Waals surface area contributed by atoms with Gasteiger partial charge < -0.3 is 15.5 Å². The Kier molecular flexibility index (Phi) is 8.03. The molecule has 30 heavy (non-hydrogen) atoms. The minimum absolute atomic E-state index is 0.200. The van der Waals surface area contributed by atoms with Crippen molar-refractivity contribution in [3.8, 4) is 0 Å². The van der Waals surface area contributed by atoms with Gasteiger partial charge in [0.1, 0.15) is 6.04 Å². The summed E-state index contributed by atoms with van der Waals surface area (Å²) < 4.78 is 0. The lowest BCUT2D eigenvalue weighted by atomic mass is 10.1. The molecule has 2 amide bonds. The molecule has 0 aliphatic carbocycles. The van der Waals surface area contributed by atoms with Crippen molar-refractivity contribution in [2.24, 2.45) is 0 Å². The predicted molar refractivity (Wildman–Crippen MR) is 123 cm³/mol. The van der Waals surface area contributed by atoms with Crippen molar-refractivity contribution in [2.45, 2.75) is 19.4 Å². The molecule has 0 aliphatic heterocycles. The quantitative estimate of drug-likeness (QED) is 0.481. The maximum atomic E-state index is 12.9. The smallest absolute Gasteiger partial charge is 0.262 e. The fraction of sp³-hybridized carbons (Fsp3) is 0.250. The van der Waals surface area contributed by atoms with Crippen LogP contribution in [0.4, 0.5) is 5.69 Å². The fourth-order valence-corrected chi connectivity index (χ4v) is 3.87. The Morgan fingerprint density at radius 2 is 1.67 bits per heavy atom. The van der Waals surface area contributed by atoms with Crippen LogP contribution in [0.1, 0.15) is 34.6 Å². The number of carbonyl (C=O) groups is 2. The molecule has 0 bridgehead atoms. The van der Waals surface area contributed by atoms with Gasteiger partial charge in [0.05, 0.1) is 4.88 Å². The molecule has 3 rings (SSSR count). The van der Waals surface area contributed by atoms with Gasteiger partial charge in [0.25, 0.3) is 5.91 Å². The number of thiophene rings is 1. The number of amides is 2. The first-order valence-corrected chi connectivity index (χ1v) is 11.0. The summed E-state index contributed by atoms with van der Waals surface area (Å²) in [7, 11) is 0. The molecular formula is C24H27N3O2S. The molecule has 2 aromatic carbocycles. The first-order chi connectivity index (χ1) is 14.7. The number of rotatable bonds is 10. The summed E-state index contributed by atoms with van der Waals surface area (Å²) in [6.45, 7) is 4.41. The maximum absolute atomic E-state index is 12.9. The zero-order valence-electron chi connectivity index (χ0n) is 17.1. The molecule has 5 nitrogen and oxygen atoms in total. The Hall–Kier alpha value is -3.12. The highest BCUT2D eigenvalue weighted by molar-refractivity contribution is 7.12. The van der Waals surface area contributed by atoms with Gasteiger partial charge in [-0.15, -0.1) is 11.3 Å². The minimum atomic E-state index is -0.725. The van der Waals surface area contributed by atoms with Crippen LogP contribution < -0.4 is 15.5 Å². The number of nitrogens with one attached hydrogen (secondary N) is 2. The van der Waals surface area contributed by atoms with E-state index in [1.807, 2.05) is 60.0 Å². The molecule has 3 aromatic rings.